The summed E-state index contributed by atoms with van der Waals surface area (Å²) >= 11 is 0. The highest BCUT2D eigenvalue weighted by Gasteiger charge is 2.40. The van der Waals surface area contributed by atoms with Gasteiger partial charge in [-0.05, 0) is 43.1 Å². The predicted octanol–water partition coefficient (Wildman–Crippen LogP) is 3.73. The van der Waals surface area contributed by atoms with Crippen LogP contribution in [0.4, 0.5) is 0 Å². The molecule has 0 aliphatic carbocycles. The lowest BCUT2D eigenvalue weighted by Crippen LogP contribution is -2.49. The molecule has 2 aliphatic rings. The average molecular weight is 445 g/mol. The number of carboxylic acid groups (broad SMARTS) is 1. The number of fused-ring (bicyclic) bond motifs is 4. The predicted molar refractivity (Wildman–Crippen MR) is 121 cm³/mol. The molecular formula is C24H36N4O4. The quantitative estimate of drug-likeness (QED) is 0.649. The average Bonchev–Trinajstić information content (AvgIpc) is 3.14. The second kappa shape index (κ2) is 10.9. The zero-order valence-corrected chi connectivity index (χ0v) is 19.6. The Kier molecular flexibility index (Phi) is 8.23. The van der Waals surface area contributed by atoms with Gasteiger partial charge in [-0.2, -0.15) is 4.98 Å². The van der Waals surface area contributed by atoms with Crippen LogP contribution in [0.1, 0.15) is 76.3 Å². The minimum atomic E-state index is -0.250. The van der Waals surface area contributed by atoms with Gasteiger partial charge in [-0.25, -0.2) is 0 Å². The Labute approximate surface area is 189 Å². The summed E-state index contributed by atoms with van der Waals surface area (Å²) < 4.78 is 7.55. The fourth-order valence-electron chi connectivity index (χ4n) is 5.13. The van der Waals surface area contributed by atoms with Crippen LogP contribution in [0.25, 0.3) is 0 Å². The summed E-state index contributed by atoms with van der Waals surface area (Å²) in [6, 6.07) is 6.09. The third kappa shape index (κ3) is 5.85. The van der Waals surface area contributed by atoms with Crippen molar-refractivity contribution in [2.45, 2.75) is 71.9 Å². The second-order valence-corrected chi connectivity index (χ2v) is 9.89. The number of aromatic nitrogens is 3. The first kappa shape index (κ1) is 24.2. The lowest BCUT2D eigenvalue weighted by atomic mass is 9.76. The summed E-state index contributed by atoms with van der Waals surface area (Å²) in [6.45, 7) is 11.3. The Morgan fingerprint density at radius 3 is 2.66 bits per heavy atom. The maximum Gasteiger partial charge on any atom is 0.290 e. The van der Waals surface area contributed by atoms with Crippen LogP contribution >= 0.6 is 0 Å². The van der Waals surface area contributed by atoms with Crippen molar-refractivity contribution in [1.82, 2.24) is 19.6 Å². The van der Waals surface area contributed by atoms with Gasteiger partial charge in [-0.15, -0.1) is 0 Å². The van der Waals surface area contributed by atoms with Crippen molar-refractivity contribution in [3.8, 4) is 0 Å². The van der Waals surface area contributed by atoms with Crippen molar-refractivity contribution < 1.29 is 14.4 Å². The normalized spacial score (nSPS) is 22.4. The van der Waals surface area contributed by atoms with Crippen molar-refractivity contribution >= 4 is 6.47 Å². The molecule has 2 aromatic rings. The summed E-state index contributed by atoms with van der Waals surface area (Å²) in [5.41, 5.74) is 1.37. The van der Waals surface area contributed by atoms with Gasteiger partial charge in [0.2, 0.25) is 5.89 Å². The van der Waals surface area contributed by atoms with Gasteiger partial charge >= 0.3 is 0 Å². The minimum absolute atomic E-state index is 0.163. The Bertz CT molecular complexity index is 936. The molecule has 0 radical (unpaired) electrons. The van der Waals surface area contributed by atoms with Gasteiger partial charge in [0.25, 0.3) is 12.0 Å². The molecule has 3 atom stereocenters. The van der Waals surface area contributed by atoms with E-state index in [-0.39, 0.29) is 12.0 Å². The molecule has 2 aromatic heterocycles. The van der Waals surface area contributed by atoms with Crippen LogP contribution < -0.4 is 5.56 Å². The number of pyridine rings is 1. The van der Waals surface area contributed by atoms with Gasteiger partial charge in [0.1, 0.15) is 0 Å². The molecule has 1 N–H and O–H groups in total. The maximum atomic E-state index is 12.7. The van der Waals surface area contributed by atoms with E-state index in [0.29, 0.717) is 29.7 Å². The molecule has 0 amide bonds. The highest BCUT2D eigenvalue weighted by atomic mass is 16.5. The number of hydrogen-bond donors (Lipinski definition) is 1. The van der Waals surface area contributed by atoms with Crippen LogP contribution in [-0.4, -0.2) is 44.3 Å². The van der Waals surface area contributed by atoms with Crippen molar-refractivity contribution in [3.05, 3.63) is 46.0 Å². The van der Waals surface area contributed by atoms with E-state index in [1.54, 1.807) is 6.07 Å². The van der Waals surface area contributed by atoms with Crippen LogP contribution in [0.15, 0.2) is 27.5 Å². The maximum absolute atomic E-state index is 12.7. The lowest BCUT2D eigenvalue weighted by molar-refractivity contribution is -0.122. The molecule has 1 fully saturated rings. The highest BCUT2D eigenvalue weighted by molar-refractivity contribution is 5.32. The van der Waals surface area contributed by atoms with Gasteiger partial charge in [-0.3, -0.25) is 14.5 Å². The summed E-state index contributed by atoms with van der Waals surface area (Å²) in [7, 11) is 0. The SMILES string of the molecule is CC(C)CC[C@H]1[C@H]2C[C@H](CN(Cc3noc(CC(C)C)n3)C2)c2cccc(=O)n21.O=CO. The van der Waals surface area contributed by atoms with Crippen LogP contribution in [-0.2, 0) is 17.8 Å². The monoisotopic (exact) mass is 444 g/mol. The number of rotatable bonds is 7. The molecule has 8 heteroatoms. The van der Waals surface area contributed by atoms with E-state index in [9.17, 15) is 4.79 Å². The van der Waals surface area contributed by atoms with E-state index in [1.165, 1.54) is 12.1 Å². The van der Waals surface area contributed by atoms with E-state index in [2.05, 4.69) is 53.4 Å². The molecule has 176 valence electrons. The fraction of sp³-hybridized carbons (Fsp3) is 0.667. The van der Waals surface area contributed by atoms with E-state index < -0.39 is 0 Å². The largest absolute Gasteiger partial charge is 0.483 e. The zero-order chi connectivity index (χ0) is 23.3. The van der Waals surface area contributed by atoms with Crippen molar-refractivity contribution in [2.24, 2.45) is 17.8 Å². The molecule has 1 saturated heterocycles. The van der Waals surface area contributed by atoms with Gasteiger partial charge in [0.15, 0.2) is 5.82 Å². The number of piperidine rings is 1. The molecule has 2 bridgehead atoms. The smallest absolute Gasteiger partial charge is 0.290 e. The zero-order valence-electron chi connectivity index (χ0n) is 19.6. The molecule has 4 heterocycles. The van der Waals surface area contributed by atoms with Gasteiger partial charge in [0, 0.05) is 43.2 Å². The first-order chi connectivity index (χ1) is 15.3. The van der Waals surface area contributed by atoms with E-state index in [0.717, 1.165) is 50.6 Å². The summed E-state index contributed by atoms with van der Waals surface area (Å²) in [4.78, 5) is 28.2. The second-order valence-electron chi connectivity index (χ2n) is 9.89. The molecule has 2 aliphatic heterocycles. The van der Waals surface area contributed by atoms with Gasteiger partial charge in [0.05, 0.1) is 6.54 Å². The summed E-state index contributed by atoms with van der Waals surface area (Å²) in [6.07, 6.45) is 4.22. The van der Waals surface area contributed by atoms with Crippen LogP contribution in [0.3, 0.4) is 0 Å². The Hall–Kier alpha value is -2.48. The van der Waals surface area contributed by atoms with Gasteiger partial charge < -0.3 is 14.2 Å². The molecule has 0 unspecified atom stereocenters. The highest BCUT2D eigenvalue weighted by Crippen LogP contribution is 2.43. The fourth-order valence-corrected chi connectivity index (χ4v) is 5.13. The third-order valence-electron chi connectivity index (χ3n) is 6.37. The molecule has 0 spiro atoms. The molecule has 0 aromatic carbocycles. The van der Waals surface area contributed by atoms with E-state index >= 15 is 0 Å². The number of hydrogen-bond acceptors (Lipinski definition) is 6. The lowest BCUT2D eigenvalue weighted by Gasteiger charge is -2.47. The minimum Gasteiger partial charge on any atom is -0.483 e. The summed E-state index contributed by atoms with van der Waals surface area (Å²) in [5.74, 6) is 3.58. The van der Waals surface area contributed by atoms with Crippen molar-refractivity contribution in [1.29, 1.82) is 0 Å². The summed E-state index contributed by atoms with van der Waals surface area (Å²) in [5, 5.41) is 11.1. The van der Waals surface area contributed by atoms with Crippen LogP contribution in [0.2, 0.25) is 0 Å². The standard InChI is InChI=1S/C23H34N4O2.CH2O2/c1-15(2)8-9-20-18-11-17(19-6-5-7-23(28)27(19)20)12-26(13-18)14-21-24-22(29-25-21)10-16(3)4;2-1-3/h5-7,15-18,20H,8-14H2,1-4H3;1H,(H,2,3)/t17-,18+,20+;/m1./s1. The molecule has 0 saturated carbocycles. The number of likely N-dealkylation sites (tertiary alicyclic amines) is 1. The van der Waals surface area contributed by atoms with Crippen molar-refractivity contribution in [3.63, 3.8) is 0 Å². The molecule has 32 heavy (non-hydrogen) atoms. The van der Waals surface area contributed by atoms with E-state index in [4.69, 9.17) is 14.4 Å². The Morgan fingerprint density at radius 2 is 1.97 bits per heavy atom. The molecule has 4 rings (SSSR count). The Morgan fingerprint density at radius 1 is 1.22 bits per heavy atom. The van der Waals surface area contributed by atoms with E-state index in [1.807, 2.05) is 6.07 Å². The first-order valence-electron chi connectivity index (χ1n) is 11.6. The third-order valence-corrected chi connectivity index (χ3v) is 6.37. The number of carbonyl (C=O) groups is 1. The topological polar surface area (TPSA) is 101 Å². The molecule has 8 nitrogen and oxygen atoms in total. The van der Waals surface area contributed by atoms with Gasteiger partial charge in [-0.1, -0.05) is 38.9 Å². The van der Waals surface area contributed by atoms with Crippen molar-refractivity contribution in [2.75, 3.05) is 13.1 Å². The molecular weight excluding hydrogens is 408 g/mol. The first-order valence-corrected chi connectivity index (χ1v) is 11.6. The van der Waals surface area contributed by atoms with Crippen LogP contribution in [0, 0.1) is 17.8 Å². The van der Waals surface area contributed by atoms with Crippen LogP contribution in [0.5, 0.6) is 0 Å². The Balaban J connectivity index is 0.000000913. The number of nitrogens with zero attached hydrogens (tertiary/aromatic N) is 4.